The third kappa shape index (κ3) is 5.86. The van der Waals surface area contributed by atoms with Crippen molar-refractivity contribution in [2.24, 2.45) is 0 Å². The van der Waals surface area contributed by atoms with Crippen molar-refractivity contribution < 1.29 is 17.9 Å². The molecule has 0 aliphatic rings. The summed E-state index contributed by atoms with van der Waals surface area (Å²) in [5.74, 6) is 0.736. The van der Waals surface area contributed by atoms with E-state index in [1.54, 1.807) is 36.4 Å². The average Bonchev–Trinajstić information content (AvgIpc) is 2.73. The zero-order chi connectivity index (χ0) is 22.4. The third-order valence-electron chi connectivity index (χ3n) is 4.65. The minimum absolute atomic E-state index is 0.100. The average molecular weight is 439 g/mol. The fourth-order valence-corrected chi connectivity index (χ4v) is 4.05. The fourth-order valence-electron chi connectivity index (χ4n) is 3.18. The standard InChI is InChI=1S/C24H26N2O4S/c1-18(2)20-13-7-9-15-22(20)26(31(3,28)29)17-24(27)25-21-14-8-10-16-23(21)30-19-11-5-4-6-12-19/h4-16,18H,17H2,1-3H3,(H,25,27). The second-order valence-corrected chi connectivity index (χ2v) is 9.35. The molecule has 0 aromatic heterocycles. The molecule has 7 heteroatoms. The molecule has 31 heavy (non-hydrogen) atoms. The lowest BCUT2D eigenvalue weighted by molar-refractivity contribution is -0.114. The van der Waals surface area contributed by atoms with Gasteiger partial charge in [0.25, 0.3) is 0 Å². The summed E-state index contributed by atoms with van der Waals surface area (Å²) in [6.45, 7) is 3.62. The van der Waals surface area contributed by atoms with Gasteiger partial charge in [-0.3, -0.25) is 9.10 Å². The van der Waals surface area contributed by atoms with Gasteiger partial charge in [0.15, 0.2) is 5.75 Å². The summed E-state index contributed by atoms with van der Waals surface area (Å²) in [7, 11) is -3.68. The van der Waals surface area contributed by atoms with Crippen molar-refractivity contribution in [3.8, 4) is 11.5 Å². The minimum Gasteiger partial charge on any atom is -0.455 e. The second kappa shape index (κ2) is 9.66. The number of rotatable bonds is 8. The molecule has 0 atom stereocenters. The van der Waals surface area contributed by atoms with Crippen molar-refractivity contribution in [3.05, 3.63) is 84.4 Å². The maximum Gasteiger partial charge on any atom is 0.245 e. The molecule has 0 saturated heterocycles. The van der Waals surface area contributed by atoms with Gasteiger partial charge < -0.3 is 10.1 Å². The van der Waals surface area contributed by atoms with E-state index >= 15 is 0 Å². The summed E-state index contributed by atoms with van der Waals surface area (Å²) in [5, 5.41) is 2.78. The van der Waals surface area contributed by atoms with E-state index in [0.29, 0.717) is 22.9 Å². The number of amides is 1. The number of carbonyl (C=O) groups is 1. The topological polar surface area (TPSA) is 75.7 Å². The highest BCUT2D eigenvalue weighted by atomic mass is 32.2. The van der Waals surface area contributed by atoms with Crippen molar-refractivity contribution in [3.63, 3.8) is 0 Å². The molecule has 0 heterocycles. The van der Waals surface area contributed by atoms with E-state index < -0.39 is 15.9 Å². The first-order valence-electron chi connectivity index (χ1n) is 9.94. The van der Waals surface area contributed by atoms with Crippen LogP contribution in [0, 0.1) is 0 Å². The summed E-state index contributed by atoms with van der Waals surface area (Å²) < 4.78 is 32.1. The van der Waals surface area contributed by atoms with Crippen molar-refractivity contribution in [2.45, 2.75) is 19.8 Å². The maximum atomic E-state index is 12.9. The normalized spacial score (nSPS) is 11.2. The van der Waals surface area contributed by atoms with E-state index in [9.17, 15) is 13.2 Å². The van der Waals surface area contributed by atoms with Gasteiger partial charge in [-0.15, -0.1) is 0 Å². The molecule has 0 bridgehead atoms. The van der Waals surface area contributed by atoms with Gasteiger partial charge in [0, 0.05) is 0 Å². The van der Waals surface area contributed by atoms with Crippen molar-refractivity contribution in [1.82, 2.24) is 0 Å². The summed E-state index contributed by atoms with van der Waals surface area (Å²) in [6, 6.07) is 23.5. The van der Waals surface area contributed by atoms with E-state index in [4.69, 9.17) is 4.74 Å². The quantitative estimate of drug-likeness (QED) is 0.537. The highest BCUT2D eigenvalue weighted by Crippen LogP contribution is 2.31. The van der Waals surface area contributed by atoms with Gasteiger partial charge in [-0.2, -0.15) is 0 Å². The molecule has 0 spiro atoms. The van der Waals surface area contributed by atoms with Crippen LogP contribution < -0.4 is 14.4 Å². The molecule has 0 aliphatic carbocycles. The van der Waals surface area contributed by atoms with Gasteiger partial charge >= 0.3 is 0 Å². The van der Waals surface area contributed by atoms with Gasteiger partial charge in [0.05, 0.1) is 17.6 Å². The smallest absolute Gasteiger partial charge is 0.245 e. The second-order valence-electron chi connectivity index (χ2n) is 7.44. The molecule has 6 nitrogen and oxygen atoms in total. The van der Waals surface area contributed by atoms with Crippen LogP contribution >= 0.6 is 0 Å². The van der Waals surface area contributed by atoms with Crippen LogP contribution in [0.4, 0.5) is 11.4 Å². The van der Waals surface area contributed by atoms with Crippen LogP contribution in [0.2, 0.25) is 0 Å². The number of ether oxygens (including phenoxy) is 1. The molecule has 3 aromatic carbocycles. The maximum absolute atomic E-state index is 12.9. The van der Waals surface area contributed by atoms with E-state index in [-0.39, 0.29) is 12.5 Å². The Bertz CT molecular complexity index is 1150. The molecule has 0 unspecified atom stereocenters. The molecule has 1 N–H and O–H groups in total. The zero-order valence-electron chi connectivity index (χ0n) is 17.8. The molecular weight excluding hydrogens is 412 g/mol. The monoisotopic (exact) mass is 438 g/mol. The highest BCUT2D eigenvalue weighted by Gasteiger charge is 2.24. The Morgan fingerprint density at radius 2 is 1.55 bits per heavy atom. The summed E-state index contributed by atoms with van der Waals surface area (Å²) in [5.41, 5.74) is 1.82. The molecule has 0 saturated carbocycles. The number of benzene rings is 3. The molecule has 162 valence electrons. The Labute approximate surface area is 183 Å². The van der Waals surface area contributed by atoms with Crippen LogP contribution in [0.25, 0.3) is 0 Å². The van der Waals surface area contributed by atoms with Crippen LogP contribution in [0.1, 0.15) is 25.3 Å². The summed E-state index contributed by atoms with van der Waals surface area (Å²) in [6.07, 6.45) is 1.10. The summed E-state index contributed by atoms with van der Waals surface area (Å²) in [4.78, 5) is 12.9. The minimum atomic E-state index is -3.68. The zero-order valence-corrected chi connectivity index (χ0v) is 18.6. The lowest BCUT2D eigenvalue weighted by atomic mass is 10.0. The molecule has 0 radical (unpaired) electrons. The van der Waals surface area contributed by atoms with Crippen molar-refractivity contribution in [1.29, 1.82) is 0 Å². The molecule has 3 rings (SSSR count). The van der Waals surface area contributed by atoms with E-state index in [0.717, 1.165) is 16.1 Å². The van der Waals surface area contributed by atoms with Crippen LogP contribution in [-0.4, -0.2) is 27.1 Å². The number of nitrogens with zero attached hydrogens (tertiary/aromatic N) is 1. The molecule has 3 aromatic rings. The number of carbonyl (C=O) groups excluding carboxylic acids is 1. The lowest BCUT2D eigenvalue weighted by Crippen LogP contribution is -2.38. The van der Waals surface area contributed by atoms with Crippen LogP contribution in [0.15, 0.2) is 78.9 Å². The van der Waals surface area contributed by atoms with Crippen LogP contribution in [-0.2, 0) is 14.8 Å². The molecule has 1 amide bonds. The third-order valence-corrected chi connectivity index (χ3v) is 5.77. The number of nitrogens with one attached hydrogen (secondary N) is 1. The Hall–Kier alpha value is -3.32. The first-order valence-corrected chi connectivity index (χ1v) is 11.8. The van der Waals surface area contributed by atoms with Crippen molar-refractivity contribution >= 4 is 27.3 Å². The Morgan fingerprint density at radius 3 is 2.23 bits per heavy atom. The van der Waals surface area contributed by atoms with Gasteiger partial charge in [-0.05, 0) is 41.8 Å². The van der Waals surface area contributed by atoms with Gasteiger partial charge in [0.1, 0.15) is 12.3 Å². The first kappa shape index (κ1) is 22.4. The first-order chi connectivity index (χ1) is 14.8. The molecular formula is C24H26N2O4S. The molecule has 0 aliphatic heterocycles. The van der Waals surface area contributed by atoms with Gasteiger partial charge in [-0.25, -0.2) is 8.42 Å². The predicted octanol–water partition coefficient (Wildman–Crippen LogP) is 5.01. The van der Waals surface area contributed by atoms with Crippen molar-refractivity contribution in [2.75, 3.05) is 22.4 Å². The largest absolute Gasteiger partial charge is 0.455 e. The van der Waals surface area contributed by atoms with Crippen LogP contribution in [0.5, 0.6) is 11.5 Å². The summed E-state index contributed by atoms with van der Waals surface area (Å²) >= 11 is 0. The van der Waals surface area contributed by atoms with Crippen LogP contribution in [0.3, 0.4) is 0 Å². The number of hydrogen-bond acceptors (Lipinski definition) is 4. The lowest BCUT2D eigenvalue weighted by Gasteiger charge is -2.25. The van der Waals surface area contributed by atoms with E-state index in [1.807, 2.05) is 56.3 Å². The number of sulfonamides is 1. The number of para-hydroxylation sites is 4. The number of anilines is 2. The fraction of sp³-hybridized carbons (Fsp3) is 0.208. The Kier molecular flexibility index (Phi) is 6.97. The SMILES string of the molecule is CC(C)c1ccccc1N(CC(=O)Nc1ccccc1Oc1ccccc1)S(C)(=O)=O. The predicted molar refractivity (Wildman–Crippen MR) is 124 cm³/mol. The molecule has 0 fully saturated rings. The van der Waals surface area contributed by atoms with Gasteiger partial charge in [-0.1, -0.05) is 62.4 Å². The Balaban J connectivity index is 1.84. The van der Waals surface area contributed by atoms with E-state index in [2.05, 4.69) is 5.32 Å². The number of hydrogen-bond donors (Lipinski definition) is 1. The van der Waals surface area contributed by atoms with E-state index in [1.165, 1.54) is 0 Å². The highest BCUT2D eigenvalue weighted by molar-refractivity contribution is 7.92. The Morgan fingerprint density at radius 1 is 0.935 bits per heavy atom. The van der Waals surface area contributed by atoms with Gasteiger partial charge in [0.2, 0.25) is 15.9 Å².